The van der Waals surface area contributed by atoms with Gasteiger partial charge in [0.25, 0.3) is 20.3 Å². The quantitative estimate of drug-likeness (QED) is 0.669. The Kier molecular flexibility index (Phi) is 4.77. The number of anilines is 2. The highest BCUT2D eigenvalue weighted by Crippen LogP contribution is 2.24. The van der Waals surface area contributed by atoms with Gasteiger partial charge in [0, 0.05) is 5.56 Å². The van der Waals surface area contributed by atoms with E-state index < -0.39 is 10.0 Å². The average Bonchev–Trinajstić information content (AvgIpc) is 3.07. The molecule has 2 aromatic carbocycles. The molecule has 1 aromatic heterocycles. The number of rotatable bonds is 5. The number of para-hydroxylation sites is 1. The Hall–Kier alpha value is -2.78. The number of sulfonamides is 1. The lowest BCUT2D eigenvalue weighted by Crippen LogP contribution is -2.13. The van der Waals surface area contributed by atoms with E-state index in [0.29, 0.717) is 11.3 Å². The number of hydrogen-bond acceptors (Lipinski definition) is 6. The first kappa shape index (κ1) is 17.1. The van der Waals surface area contributed by atoms with Crippen molar-refractivity contribution in [2.24, 2.45) is 0 Å². The van der Waals surface area contributed by atoms with Gasteiger partial charge in [-0.15, -0.1) is 10.2 Å². The predicted molar refractivity (Wildman–Crippen MR) is 96.3 cm³/mol. The molecule has 0 atom stereocenters. The molecular weight excluding hydrogens is 360 g/mol. The second-order valence-electron chi connectivity index (χ2n) is 5.11. The van der Waals surface area contributed by atoms with Gasteiger partial charge in [-0.3, -0.25) is 14.8 Å². The van der Waals surface area contributed by atoms with Crippen LogP contribution in [0.5, 0.6) is 0 Å². The predicted octanol–water partition coefficient (Wildman–Crippen LogP) is 2.90. The topological polar surface area (TPSA) is 101 Å². The Bertz CT molecular complexity index is 1000. The van der Waals surface area contributed by atoms with E-state index in [0.717, 1.165) is 16.9 Å². The zero-order chi connectivity index (χ0) is 17.9. The van der Waals surface area contributed by atoms with Gasteiger partial charge in [-0.05, 0) is 30.7 Å². The van der Waals surface area contributed by atoms with E-state index in [1.165, 1.54) is 0 Å². The van der Waals surface area contributed by atoms with Gasteiger partial charge >= 0.3 is 0 Å². The molecule has 0 spiro atoms. The van der Waals surface area contributed by atoms with Crippen LogP contribution in [0, 0.1) is 6.92 Å². The molecule has 7 nitrogen and oxygen atoms in total. The molecule has 0 saturated heterocycles. The lowest BCUT2D eigenvalue weighted by Gasteiger charge is -2.07. The molecule has 0 aliphatic heterocycles. The summed E-state index contributed by atoms with van der Waals surface area (Å²) in [6.07, 6.45) is 0. The summed E-state index contributed by atoms with van der Waals surface area (Å²) in [5, 5.41) is 10.0. The van der Waals surface area contributed by atoms with Crippen LogP contribution in [0.4, 0.5) is 10.8 Å². The molecule has 128 valence electrons. The number of carbonyl (C=O) groups excluding carboxylic acids is 1. The molecule has 25 heavy (non-hydrogen) atoms. The van der Waals surface area contributed by atoms with Crippen molar-refractivity contribution in [3.8, 4) is 0 Å². The van der Waals surface area contributed by atoms with E-state index in [9.17, 15) is 13.2 Å². The Labute approximate surface area is 148 Å². The van der Waals surface area contributed by atoms with Crippen LogP contribution in [-0.2, 0) is 10.0 Å². The molecule has 0 aliphatic carbocycles. The number of benzene rings is 2. The fourth-order valence-corrected chi connectivity index (χ4v) is 4.03. The highest BCUT2D eigenvalue weighted by atomic mass is 32.2. The first-order valence-electron chi connectivity index (χ1n) is 7.24. The molecule has 0 radical (unpaired) electrons. The first-order valence-corrected chi connectivity index (χ1v) is 9.54. The number of carbonyl (C=O) groups is 1. The van der Waals surface area contributed by atoms with Crippen molar-refractivity contribution in [3.05, 3.63) is 65.7 Å². The van der Waals surface area contributed by atoms with Gasteiger partial charge in [-0.25, -0.2) is 0 Å². The Morgan fingerprint density at radius 1 is 1.00 bits per heavy atom. The molecule has 1 amide bonds. The summed E-state index contributed by atoms with van der Waals surface area (Å²) >= 11 is 0.783. The number of amides is 1. The second kappa shape index (κ2) is 6.99. The third kappa shape index (κ3) is 4.01. The van der Waals surface area contributed by atoms with Gasteiger partial charge in [0.1, 0.15) is 0 Å². The molecular formula is C16H14N4O3S2. The monoisotopic (exact) mass is 374 g/mol. The number of nitrogens with zero attached hydrogens (tertiary/aromatic N) is 2. The minimum Gasteiger partial charge on any atom is -0.296 e. The lowest BCUT2D eigenvalue weighted by molar-refractivity contribution is 0.102. The molecule has 1 heterocycles. The first-order chi connectivity index (χ1) is 12.0. The van der Waals surface area contributed by atoms with Gasteiger partial charge in [0.2, 0.25) is 5.13 Å². The summed E-state index contributed by atoms with van der Waals surface area (Å²) in [6.45, 7) is 1.80. The lowest BCUT2D eigenvalue weighted by atomic mass is 10.2. The minimum absolute atomic E-state index is 0.110. The van der Waals surface area contributed by atoms with Crippen molar-refractivity contribution in [1.82, 2.24) is 10.2 Å². The van der Waals surface area contributed by atoms with Gasteiger partial charge in [0.15, 0.2) is 0 Å². The summed E-state index contributed by atoms with van der Waals surface area (Å²) in [4.78, 5) is 12.1. The molecule has 9 heteroatoms. The highest BCUT2D eigenvalue weighted by Gasteiger charge is 2.21. The van der Waals surface area contributed by atoms with Crippen LogP contribution in [0.3, 0.4) is 0 Å². The van der Waals surface area contributed by atoms with Crippen molar-refractivity contribution in [2.45, 2.75) is 11.3 Å². The van der Waals surface area contributed by atoms with Crippen molar-refractivity contribution >= 4 is 38.1 Å². The average molecular weight is 374 g/mol. The maximum atomic E-state index is 12.4. The third-order valence-electron chi connectivity index (χ3n) is 3.28. The standard InChI is InChI=1S/C16H14N4O3S2/c1-11-7-5-6-10-13(11)20-25(22,23)16-19-18-15(24-16)17-14(21)12-8-3-2-4-9-12/h2-10,20H,1H3,(H,17,18,21). The number of aromatic nitrogens is 2. The maximum absolute atomic E-state index is 12.4. The molecule has 0 fully saturated rings. The van der Waals surface area contributed by atoms with Crippen LogP contribution < -0.4 is 10.0 Å². The maximum Gasteiger partial charge on any atom is 0.291 e. The summed E-state index contributed by atoms with van der Waals surface area (Å²) in [5.41, 5.74) is 1.70. The van der Waals surface area contributed by atoms with E-state index in [4.69, 9.17) is 0 Å². The van der Waals surface area contributed by atoms with E-state index >= 15 is 0 Å². The number of hydrogen-bond donors (Lipinski definition) is 2. The number of aryl methyl sites for hydroxylation is 1. The molecule has 2 N–H and O–H groups in total. The normalized spacial score (nSPS) is 11.1. The Balaban J connectivity index is 1.76. The molecule has 0 unspecified atom stereocenters. The fraction of sp³-hybridized carbons (Fsp3) is 0.0625. The van der Waals surface area contributed by atoms with Crippen LogP contribution >= 0.6 is 11.3 Å². The summed E-state index contributed by atoms with van der Waals surface area (Å²) in [5.74, 6) is -0.382. The van der Waals surface area contributed by atoms with Crippen LogP contribution in [0.1, 0.15) is 15.9 Å². The zero-order valence-electron chi connectivity index (χ0n) is 13.1. The van der Waals surface area contributed by atoms with Gasteiger partial charge in [0.05, 0.1) is 5.69 Å². The summed E-state index contributed by atoms with van der Waals surface area (Å²) in [7, 11) is -3.87. The minimum atomic E-state index is -3.87. The molecule has 0 aliphatic rings. The summed E-state index contributed by atoms with van der Waals surface area (Å²) in [6, 6.07) is 15.6. The number of nitrogens with one attached hydrogen (secondary N) is 2. The van der Waals surface area contributed by atoms with Crippen LogP contribution in [0.2, 0.25) is 0 Å². The zero-order valence-corrected chi connectivity index (χ0v) is 14.8. The van der Waals surface area contributed by atoms with Gasteiger partial charge in [-0.2, -0.15) is 8.42 Å². The Morgan fingerprint density at radius 2 is 1.68 bits per heavy atom. The fourth-order valence-electron chi connectivity index (χ4n) is 2.00. The third-order valence-corrected chi connectivity index (χ3v) is 5.85. The van der Waals surface area contributed by atoms with E-state index in [2.05, 4.69) is 20.2 Å². The van der Waals surface area contributed by atoms with Gasteiger partial charge in [-0.1, -0.05) is 47.7 Å². The van der Waals surface area contributed by atoms with Crippen LogP contribution in [0.15, 0.2) is 58.9 Å². The molecule has 0 bridgehead atoms. The van der Waals surface area contributed by atoms with Crippen LogP contribution in [-0.4, -0.2) is 24.5 Å². The van der Waals surface area contributed by atoms with Crippen molar-refractivity contribution in [3.63, 3.8) is 0 Å². The Morgan fingerprint density at radius 3 is 2.40 bits per heavy atom. The van der Waals surface area contributed by atoms with Gasteiger partial charge < -0.3 is 0 Å². The van der Waals surface area contributed by atoms with E-state index in [1.54, 1.807) is 55.5 Å². The van der Waals surface area contributed by atoms with E-state index in [1.807, 2.05) is 6.07 Å². The van der Waals surface area contributed by atoms with E-state index in [-0.39, 0.29) is 15.4 Å². The highest BCUT2D eigenvalue weighted by molar-refractivity contribution is 7.94. The summed E-state index contributed by atoms with van der Waals surface area (Å²) < 4.78 is 27.1. The van der Waals surface area contributed by atoms with Crippen LogP contribution in [0.25, 0.3) is 0 Å². The SMILES string of the molecule is Cc1ccccc1NS(=O)(=O)c1nnc(NC(=O)c2ccccc2)s1. The molecule has 3 aromatic rings. The van der Waals surface area contributed by atoms with Crippen molar-refractivity contribution < 1.29 is 13.2 Å². The van der Waals surface area contributed by atoms with Crippen molar-refractivity contribution in [1.29, 1.82) is 0 Å². The smallest absolute Gasteiger partial charge is 0.291 e. The second-order valence-corrected chi connectivity index (χ2v) is 7.95. The van der Waals surface area contributed by atoms with Crippen molar-refractivity contribution in [2.75, 3.05) is 10.0 Å². The molecule has 0 saturated carbocycles. The molecule has 3 rings (SSSR count). The largest absolute Gasteiger partial charge is 0.296 e.